The van der Waals surface area contributed by atoms with Crippen LogP contribution in [0, 0.1) is 13.8 Å². The van der Waals surface area contributed by atoms with Gasteiger partial charge in [-0.2, -0.15) is 0 Å². The summed E-state index contributed by atoms with van der Waals surface area (Å²) in [7, 11) is -2.86. The maximum absolute atomic E-state index is 13.6. The topological polar surface area (TPSA) is 161 Å². The largest absolute Gasteiger partial charge is 0.506 e. The highest BCUT2D eigenvalue weighted by Gasteiger charge is 2.33. The van der Waals surface area contributed by atoms with E-state index in [4.69, 9.17) is 37.1 Å². The average molecular weight is 752 g/mol. The maximum Gasteiger partial charge on any atom is 0.337 e. The summed E-state index contributed by atoms with van der Waals surface area (Å²) < 4.78 is 43.5. The summed E-state index contributed by atoms with van der Waals surface area (Å²) in [5, 5.41) is 15.4. The minimum absolute atomic E-state index is 0.0185. The van der Waals surface area contributed by atoms with Crippen LogP contribution in [0.1, 0.15) is 45.4 Å². The van der Waals surface area contributed by atoms with E-state index in [1.54, 1.807) is 44.2 Å². The molecule has 5 aromatic rings. The number of carbonyl (C=O) groups excluding carboxylic acids is 3. The molecule has 1 atom stereocenters. The van der Waals surface area contributed by atoms with Gasteiger partial charge < -0.3 is 29.6 Å². The van der Waals surface area contributed by atoms with Crippen molar-refractivity contribution in [3.8, 4) is 28.6 Å². The van der Waals surface area contributed by atoms with Crippen molar-refractivity contribution in [1.82, 2.24) is 0 Å². The first-order valence-electron chi connectivity index (χ1n) is 15.4. The van der Waals surface area contributed by atoms with Crippen molar-refractivity contribution in [3.05, 3.63) is 117 Å². The monoisotopic (exact) mass is 750 g/mol. The number of aryl methyl sites for hydroxylation is 2. The third-order valence-electron chi connectivity index (χ3n) is 7.86. The molecular weight excluding hydrogens is 719 g/mol. The normalized spacial score (nSPS) is 11.8. The second-order valence-electron chi connectivity index (χ2n) is 11.4. The molecule has 14 heteroatoms. The van der Waals surface area contributed by atoms with Gasteiger partial charge in [0.05, 0.1) is 44.6 Å². The second kappa shape index (κ2) is 15.3. The highest BCUT2D eigenvalue weighted by atomic mass is 35.5. The van der Waals surface area contributed by atoms with Crippen LogP contribution in [0.15, 0.2) is 94.2 Å². The Labute approximate surface area is 304 Å². The molecule has 1 aromatic heterocycles. The summed E-state index contributed by atoms with van der Waals surface area (Å²) in [6, 6.07) is 20.8. The first-order valence-corrected chi connectivity index (χ1v) is 17.7. The number of sulfone groups is 1. The van der Waals surface area contributed by atoms with Gasteiger partial charge in [-0.05, 0) is 80.9 Å². The number of aromatic hydroxyl groups is 1. The molecular formula is C37H32Cl2N2O9S. The summed E-state index contributed by atoms with van der Waals surface area (Å²) in [4.78, 5) is 39.0. The van der Waals surface area contributed by atoms with Gasteiger partial charge in [-0.1, -0.05) is 47.8 Å². The van der Waals surface area contributed by atoms with E-state index in [9.17, 15) is 27.9 Å². The van der Waals surface area contributed by atoms with Gasteiger partial charge >= 0.3 is 5.97 Å². The average Bonchev–Trinajstić information content (AvgIpc) is 3.49. The highest BCUT2D eigenvalue weighted by molar-refractivity contribution is 7.92. The Bertz CT molecular complexity index is 2230. The van der Waals surface area contributed by atoms with Crippen LogP contribution in [0.2, 0.25) is 10.0 Å². The number of hydrogen-bond donors (Lipinski definition) is 3. The first kappa shape index (κ1) is 37.0. The summed E-state index contributed by atoms with van der Waals surface area (Å²) in [6.45, 7) is 4.97. The molecule has 0 saturated carbocycles. The van der Waals surface area contributed by atoms with Crippen LogP contribution in [0.3, 0.4) is 0 Å². The van der Waals surface area contributed by atoms with Crippen LogP contribution in [-0.2, 0) is 19.4 Å². The van der Waals surface area contributed by atoms with Crippen molar-refractivity contribution in [3.63, 3.8) is 0 Å². The standard InChI is InChI=1S/C37H32Cl2N2O9S/c1-5-34(51(46,47)25-13-6-20(2)7-14-25)36(44)41-30-18-31(42)29(19-33(30)50-24-11-8-22(9-12-24)37(45)48-4)40-35(43)26-17-32(49-21(26)3)23-10-15-27(38)28(39)16-23/h6-19,34,42H,5H2,1-4H3,(H,40,43)(H,41,44). The number of phenols is 1. The molecule has 3 N–H and O–H groups in total. The number of furan rings is 1. The lowest BCUT2D eigenvalue weighted by Gasteiger charge is -2.19. The van der Waals surface area contributed by atoms with E-state index in [1.165, 1.54) is 55.6 Å². The Hall–Kier alpha value is -5.30. The number of methoxy groups -OCH3 is 1. The van der Waals surface area contributed by atoms with E-state index < -0.39 is 38.6 Å². The van der Waals surface area contributed by atoms with E-state index in [-0.39, 0.29) is 51.1 Å². The molecule has 0 aliphatic rings. The van der Waals surface area contributed by atoms with Crippen LogP contribution >= 0.6 is 23.2 Å². The number of esters is 1. The number of rotatable bonds is 11. The molecule has 1 unspecified atom stereocenters. The SMILES string of the molecule is CCC(C(=O)Nc1cc(O)c(NC(=O)c2cc(-c3ccc(Cl)c(Cl)c3)oc2C)cc1Oc1ccc(C(=O)OC)cc1)S(=O)(=O)c1ccc(C)cc1. The summed E-state index contributed by atoms with van der Waals surface area (Å²) in [5.74, 6) is -1.78. The Balaban J connectivity index is 1.48. The van der Waals surface area contributed by atoms with Gasteiger partial charge in [0.1, 0.15) is 28.3 Å². The number of anilines is 2. The van der Waals surface area contributed by atoms with E-state index in [0.717, 1.165) is 11.6 Å². The van der Waals surface area contributed by atoms with Crippen LogP contribution in [0.25, 0.3) is 11.3 Å². The Kier molecular flexibility index (Phi) is 11.1. The van der Waals surface area contributed by atoms with E-state index in [0.29, 0.717) is 21.4 Å². The summed E-state index contributed by atoms with van der Waals surface area (Å²) in [5.41, 5.74) is 1.64. The predicted octanol–water partition coefficient (Wildman–Crippen LogP) is 8.60. The van der Waals surface area contributed by atoms with E-state index in [2.05, 4.69) is 10.6 Å². The molecule has 0 radical (unpaired) electrons. The molecule has 0 saturated heterocycles. The molecule has 0 spiro atoms. The van der Waals surface area contributed by atoms with Gasteiger partial charge in [0.25, 0.3) is 5.91 Å². The third kappa shape index (κ3) is 8.20. The van der Waals surface area contributed by atoms with Crippen LogP contribution < -0.4 is 15.4 Å². The molecule has 11 nitrogen and oxygen atoms in total. The molecule has 0 aliphatic heterocycles. The van der Waals surface area contributed by atoms with Crippen molar-refractivity contribution < 1.29 is 41.8 Å². The number of ether oxygens (including phenoxy) is 2. The molecule has 264 valence electrons. The van der Waals surface area contributed by atoms with Gasteiger partial charge in [0.2, 0.25) is 5.91 Å². The van der Waals surface area contributed by atoms with Crippen molar-refractivity contribution >= 4 is 62.2 Å². The Morgan fingerprint density at radius 1 is 0.863 bits per heavy atom. The Morgan fingerprint density at radius 2 is 1.55 bits per heavy atom. The minimum atomic E-state index is -4.11. The molecule has 5 rings (SSSR count). The van der Waals surface area contributed by atoms with Crippen molar-refractivity contribution in [1.29, 1.82) is 0 Å². The van der Waals surface area contributed by atoms with Gasteiger partial charge in [0, 0.05) is 17.7 Å². The van der Waals surface area contributed by atoms with Crippen molar-refractivity contribution in [2.45, 2.75) is 37.3 Å². The lowest BCUT2D eigenvalue weighted by molar-refractivity contribution is -0.115. The van der Waals surface area contributed by atoms with Gasteiger partial charge in [0.15, 0.2) is 15.6 Å². The number of halogens is 2. The van der Waals surface area contributed by atoms with Crippen LogP contribution in [-0.4, -0.2) is 43.7 Å². The smallest absolute Gasteiger partial charge is 0.337 e. The van der Waals surface area contributed by atoms with E-state index in [1.807, 2.05) is 6.92 Å². The van der Waals surface area contributed by atoms with E-state index >= 15 is 0 Å². The lowest BCUT2D eigenvalue weighted by Crippen LogP contribution is -2.34. The highest BCUT2D eigenvalue weighted by Crippen LogP contribution is 2.40. The third-order valence-corrected chi connectivity index (χ3v) is 10.8. The summed E-state index contributed by atoms with van der Waals surface area (Å²) >= 11 is 12.2. The fraction of sp³-hybridized carbons (Fsp3) is 0.162. The predicted molar refractivity (Wildman–Crippen MR) is 194 cm³/mol. The number of amides is 2. The maximum atomic E-state index is 13.6. The van der Waals surface area contributed by atoms with Gasteiger partial charge in [-0.25, -0.2) is 13.2 Å². The molecule has 1 heterocycles. The molecule has 0 aliphatic carbocycles. The molecule has 0 bridgehead atoms. The summed E-state index contributed by atoms with van der Waals surface area (Å²) in [6.07, 6.45) is -0.0540. The van der Waals surface area contributed by atoms with Gasteiger partial charge in [-0.3, -0.25) is 9.59 Å². The van der Waals surface area contributed by atoms with Crippen LogP contribution in [0.5, 0.6) is 17.2 Å². The van der Waals surface area contributed by atoms with Crippen molar-refractivity contribution in [2.75, 3.05) is 17.7 Å². The number of phenolic OH excluding ortho intramolecular Hbond substituents is 1. The quantitative estimate of drug-likeness (QED) is 0.0887. The fourth-order valence-corrected chi connectivity index (χ4v) is 7.02. The van der Waals surface area contributed by atoms with Gasteiger partial charge in [-0.15, -0.1) is 0 Å². The first-order chi connectivity index (χ1) is 24.2. The molecule has 0 fully saturated rings. The zero-order valence-electron chi connectivity index (χ0n) is 27.7. The molecule has 2 amide bonds. The minimum Gasteiger partial charge on any atom is -0.506 e. The number of benzene rings is 4. The zero-order valence-corrected chi connectivity index (χ0v) is 30.1. The molecule has 4 aromatic carbocycles. The fourth-order valence-electron chi connectivity index (χ4n) is 5.09. The molecule has 51 heavy (non-hydrogen) atoms. The Morgan fingerprint density at radius 3 is 2.18 bits per heavy atom. The zero-order chi connectivity index (χ0) is 37.0. The number of carbonyl (C=O) groups is 3. The second-order valence-corrected chi connectivity index (χ2v) is 14.3. The van der Waals surface area contributed by atoms with Crippen molar-refractivity contribution in [2.24, 2.45) is 0 Å². The van der Waals surface area contributed by atoms with Crippen LogP contribution in [0.4, 0.5) is 11.4 Å². The number of nitrogens with one attached hydrogen (secondary N) is 2. The number of hydrogen-bond acceptors (Lipinski definition) is 9. The lowest BCUT2D eigenvalue weighted by atomic mass is 10.1.